The highest BCUT2D eigenvalue weighted by Gasteiger charge is 2.08. The summed E-state index contributed by atoms with van der Waals surface area (Å²) in [5, 5.41) is 2.10. The maximum absolute atomic E-state index is 5.45. The molecule has 0 N–H and O–H groups in total. The van der Waals surface area contributed by atoms with Crippen LogP contribution in [0.5, 0.6) is 5.75 Å². The summed E-state index contributed by atoms with van der Waals surface area (Å²) in [4.78, 5) is 3.98. The maximum atomic E-state index is 5.45. The van der Waals surface area contributed by atoms with Crippen LogP contribution in [0, 0.1) is 0 Å². The second-order valence-corrected chi connectivity index (χ2v) is 10.1. The molecule has 0 aliphatic rings. The lowest BCUT2D eigenvalue weighted by Crippen LogP contribution is -1.92. The van der Waals surface area contributed by atoms with Gasteiger partial charge in [-0.25, -0.2) is 0 Å². The van der Waals surface area contributed by atoms with Crippen molar-refractivity contribution in [2.75, 3.05) is 7.11 Å². The van der Waals surface area contributed by atoms with Crippen LogP contribution in [0.15, 0.2) is 113 Å². The number of rotatable bonds is 5. The quantitative estimate of drug-likeness (QED) is 0.225. The largest absolute Gasteiger partial charge is 0.496 e. The predicted molar refractivity (Wildman–Crippen MR) is 143 cm³/mol. The Balaban J connectivity index is 0.000000186. The van der Waals surface area contributed by atoms with Crippen LogP contribution in [-0.4, -0.2) is 7.11 Å². The topological polar surface area (TPSA) is 9.23 Å². The van der Waals surface area contributed by atoms with Crippen LogP contribution in [0.4, 0.5) is 0 Å². The molecule has 2 aromatic heterocycles. The van der Waals surface area contributed by atoms with Crippen molar-refractivity contribution in [1.29, 1.82) is 0 Å². The Bertz CT molecular complexity index is 1230. The van der Waals surface area contributed by atoms with E-state index in [0.29, 0.717) is 0 Å². The van der Waals surface area contributed by atoms with Gasteiger partial charge in [-0.05, 0) is 52.9 Å². The van der Waals surface area contributed by atoms with Crippen LogP contribution >= 0.6 is 38.6 Å². The number of ether oxygens (including phenoxy) is 1. The molecule has 1 nitrogen and oxygen atoms in total. The smallest absolute Gasteiger partial charge is 0.122 e. The Morgan fingerprint density at radius 1 is 0.719 bits per heavy atom. The summed E-state index contributed by atoms with van der Waals surface area (Å²) < 4.78 is 6.53. The zero-order valence-corrected chi connectivity index (χ0v) is 20.9. The third kappa shape index (κ3) is 5.98. The van der Waals surface area contributed by atoms with Crippen molar-refractivity contribution in [2.45, 2.75) is 6.42 Å². The first-order valence-corrected chi connectivity index (χ1v) is 12.8. The average Bonchev–Trinajstić information content (AvgIpc) is 3.54. The molecule has 0 aliphatic carbocycles. The first kappa shape index (κ1) is 22.5. The number of methoxy groups -OCH3 is 1. The maximum Gasteiger partial charge on any atom is 0.122 e. The summed E-state index contributed by atoms with van der Waals surface area (Å²) in [5.74, 6) is 0.938. The minimum atomic E-state index is 0.889. The standard InChI is InChI=1S/C18H15BrOS.C10H8S/c1-20-17-9-7-15(19)11-14(17)12-16-8-10-18(21-16)13-5-3-2-4-6-13;1-2-5-9(6-3-1)10-7-4-8-11-10/h2-11H,12H2,1H3;1-8H. The van der Waals surface area contributed by atoms with Gasteiger partial charge in [-0.2, -0.15) is 0 Å². The van der Waals surface area contributed by atoms with Crippen LogP contribution in [0.3, 0.4) is 0 Å². The second-order valence-electron chi connectivity index (χ2n) is 7.11. The molecule has 0 atom stereocenters. The van der Waals surface area contributed by atoms with E-state index in [2.05, 4.69) is 100 Å². The molecule has 2 heterocycles. The number of halogens is 1. The van der Waals surface area contributed by atoms with Crippen molar-refractivity contribution in [3.63, 3.8) is 0 Å². The normalized spacial score (nSPS) is 10.3. The molecule has 0 radical (unpaired) electrons. The van der Waals surface area contributed by atoms with Crippen LogP contribution < -0.4 is 4.74 Å². The Morgan fingerprint density at radius 2 is 1.41 bits per heavy atom. The first-order valence-electron chi connectivity index (χ1n) is 10.3. The first-order chi connectivity index (χ1) is 15.7. The molecule has 0 amide bonds. The van der Waals surface area contributed by atoms with Crippen molar-refractivity contribution >= 4 is 38.6 Å². The van der Waals surface area contributed by atoms with Gasteiger partial charge in [-0.15, -0.1) is 22.7 Å². The van der Waals surface area contributed by atoms with E-state index in [4.69, 9.17) is 4.74 Å². The van der Waals surface area contributed by atoms with Gasteiger partial charge in [0.2, 0.25) is 0 Å². The Morgan fingerprint density at radius 3 is 2.03 bits per heavy atom. The number of hydrogen-bond donors (Lipinski definition) is 0. The average molecular weight is 520 g/mol. The summed E-state index contributed by atoms with van der Waals surface area (Å²) in [7, 11) is 1.72. The summed E-state index contributed by atoms with van der Waals surface area (Å²) in [5.41, 5.74) is 3.78. The molecule has 0 fully saturated rings. The summed E-state index contributed by atoms with van der Waals surface area (Å²) >= 11 is 7.14. The van der Waals surface area contributed by atoms with E-state index in [1.807, 2.05) is 35.6 Å². The number of benzene rings is 3. The monoisotopic (exact) mass is 518 g/mol. The lowest BCUT2D eigenvalue weighted by Gasteiger charge is -2.07. The van der Waals surface area contributed by atoms with Crippen molar-refractivity contribution in [3.05, 3.63) is 123 Å². The minimum Gasteiger partial charge on any atom is -0.496 e. The van der Waals surface area contributed by atoms with E-state index >= 15 is 0 Å². The minimum absolute atomic E-state index is 0.889. The van der Waals surface area contributed by atoms with Gasteiger partial charge in [-0.1, -0.05) is 82.7 Å². The molecule has 0 saturated carbocycles. The molecule has 0 aliphatic heterocycles. The Kier molecular flexibility index (Phi) is 7.94. The van der Waals surface area contributed by atoms with Crippen LogP contribution in [0.2, 0.25) is 0 Å². The Hall–Kier alpha value is -2.66. The molecule has 160 valence electrons. The van der Waals surface area contributed by atoms with Gasteiger partial charge in [0.1, 0.15) is 5.75 Å². The number of thiophene rings is 2. The predicted octanol–water partition coefficient (Wildman–Crippen LogP) is 9.19. The lowest BCUT2D eigenvalue weighted by atomic mass is 10.1. The van der Waals surface area contributed by atoms with Crippen molar-refractivity contribution in [1.82, 2.24) is 0 Å². The van der Waals surface area contributed by atoms with Gasteiger partial charge in [0, 0.05) is 31.1 Å². The fourth-order valence-electron chi connectivity index (χ4n) is 3.35. The molecule has 0 spiro atoms. The van der Waals surface area contributed by atoms with E-state index in [9.17, 15) is 0 Å². The molecule has 0 bridgehead atoms. The molecular weight excluding hydrogens is 496 g/mol. The number of hydrogen-bond acceptors (Lipinski definition) is 3. The van der Waals surface area contributed by atoms with Gasteiger partial charge < -0.3 is 4.74 Å². The summed E-state index contributed by atoms with van der Waals surface area (Å²) in [6, 6.07) is 35.7. The van der Waals surface area contributed by atoms with E-state index in [1.165, 1.54) is 31.3 Å². The van der Waals surface area contributed by atoms with Crippen molar-refractivity contribution in [3.8, 4) is 26.6 Å². The van der Waals surface area contributed by atoms with Gasteiger partial charge >= 0.3 is 0 Å². The van der Waals surface area contributed by atoms with Gasteiger partial charge in [0.25, 0.3) is 0 Å². The highest BCUT2D eigenvalue weighted by molar-refractivity contribution is 9.10. The second kappa shape index (κ2) is 11.3. The SMILES string of the molecule is COc1ccc(Br)cc1Cc1ccc(-c2ccccc2)s1.c1ccc(-c2cccs2)cc1. The molecule has 0 saturated heterocycles. The highest BCUT2D eigenvalue weighted by atomic mass is 79.9. The summed E-state index contributed by atoms with van der Waals surface area (Å²) in [6.07, 6.45) is 0.889. The third-order valence-corrected chi connectivity index (χ3v) is 7.45. The molecule has 32 heavy (non-hydrogen) atoms. The van der Waals surface area contributed by atoms with Gasteiger partial charge in [0.15, 0.2) is 0 Å². The fourth-order valence-corrected chi connectivity index (χ4v) is 5.53. The highest BCUT2D eigenvalue weighted by Crippen LogP contribution is 2.32. The summed E-state index contributed by atoms with van der Waals surface area (Å²) in [6.45, 7) is 0. The van der Waals surface area contributed by atoms with E-state index in [1.54, 1.807) is 18.4 Å². The Labute approximate surface area is 206 Å². The fraction of sp³-hybridized carbons (Fsp3) is 0.0714. The van der Waals surface area contributed by atoms with E-state index < -0.39 is 0 Å². The molecule has 3 aromatic carbocycles. The molecule has 0 unspecified atom stereocenters. The van der Waals surface area contributed by atoms with Crippen molar-refractivity contribution in [2.24, 2.45) is 0 Å². The van der Waals surface area contributed by atoms with Gasteiger partial charge in [0.05, 0.1) is 7.11 Å². The molecule has 4 heteroatoms. The van der Waals surface area contributed by atoms with Crippen LogP contribution in [-0.2, 0) is 6.42 Å². The molecule has 5 rings (SSSR count). The van der Waals surface area contributed by atoms with Crippen LogP contribution in [0.25, 0.3) is 20.9 Å². The van der Waals surface area contributed by atoms with Crippen LogP contribution in [0.1, 0.15) is 10.4 Å². The molecule has 5 aromatic rings. The zero-order valence-electron chi connectivity index (χ0n) is 17.7. The molecular formula is C28H23BrOS2. The lowest BCUT2D eigenvalue weighted by molar-refractivity contribution is 0.410. The van der Waals surface area contributed by atoms with E-state index in [0.717, 1.165) is 16.6 Å². The third-order valence-electron chi connectivity index (χ3n) is 4.91. The van der Waals surface area contributed by atoms with Gasteiger partial charge in [-0.3, -0.25) is 0 Å². The van der Waals surface area contributed by atoms with Crippen molar-refractivity contribution < 1.29 is 4.74 Å². The van der Waals surface area contributed by atoms with E-state index in [-0.39, 0.29) is 0 Å². The zero-order chi connectivity index (χ0) is 22.2.